The van der Waals surface area contributed by atoms with E-state index in [1.807, 2.05) is 42.5 Å². The lowest BCUT2D eigenvalue weighted by atomic mass is 10.2. The van der Waals surface area contributed by atoms with E-state index < -0.39 is 0 Å². The lowest BCUT2D eigenvalue weighted by molar-refractivity contribution is 0.221. The second-order valence-corrected chi connectivity index (χ2v) is 5.70. The van der Waals surface area contributed by atoms with Gasteiger partial charge in [0.2, 0.25) is 5.82 Å². The Labute approximate surface area is 148 Å². The summed E-state index contributed by atoms with van der Waals surface area (Å²) in [7, 11) is 0. The van der Waals surface area contributed by atoms with Gasteiger partial charge in [-0.25, -0.2) is 4.68 Å². The zero-order valence-corrected chi connectivity index (χ0v) is 13.8. The van der Waals surface area contributed by atoms with Gasteiger partial charge in [-0.15, -0.1) is 0 Å². The van der Waals surface area contributed by atoms with E-state index in [4.69, 9.17) is 20.9 Å². The first-order valence-corrected chi connectivity index (χ1v) is 7.97. The number of hydrogen-bond donors (Lipinski definition) is 0. The Bertz CT molecular complexity index is 981. The number of aromatic nitrogens is 4. The number of rotatable bonds is 5. The smallest absolute Gasteiger partial charge is 0.278 e. The van der Waals surface area contributed by atoms with E-state index in [-0.39, 0.29) is 6.73 Å². The largest absolute Gasteiger partial charge is 0.471 e. The summed E-state index contributed by atoms with van der Waals surface area (Å²) in [5.74, 6) is 1.56. The van der Waals surface area contributed by atoms with Crippen molar-refractivity contribution >= 4 is 11.6 Å². The van der Waals surface area contributed by atoms with Crippen LogP contribution >= 0.6 is 11.6 Å². The third-order valence-corrected chi connectivity index (χ3v) is 3.71. The zero-order valence-electron chi connectivity index (χ0n) is 13.0. The second-order valence-electron chi connectivity index (χ2n) is 5.26. The average molecular weight is 353 g/mol. The second kappa shape index (κ2) is 6.78. The Morgan fingerprint density at radius 2 is 1.92 bits per heavy atom. The Balaban J connectivity index is 1.47. The maximum atomic E-state index is 5.93. The fraction of sp³-hybridized carbons (Fsp3) is 0.0556. The highest BCUT2D eigenvalue weighted by molar-refractivity contribution is 6.30. The van der Waals surface area contributed by atoms with Crippen LogP contribution in [0.15, 0.2) is 71.4 Å². The quantitative estimate of drug-likeness (QED) is 0.536. The monoisotopic (exact) mass is 352 g/mol. The molecule has 2 aromatic carbocycles. The first kappa shape index (κ1) is 15.4. The first-order chi connectivity index (χ1) is 12.3. The predicted octanol–water partition coefficient (Wildman–Crippen LogP) is 4.29. The van der Waals surface area contributed by atoms with Gasteiger partial charge in [0.25, 0.3) is 5.89 Å². The summed E-state index contributed by atoms with van der Waals surface area (Å²) in [6.45, 7) is 0.250. The molecule has 0 N–H and O–H groups in total. The third kappa shape index (κ3) is 3.54. The van der Waals surface area contributed by atoms with Crippen molar-refractivity contribution in [2.75, 3.05) is 0 Å². The highest BCUT2D eigenvalue weighted by atomic mass is 35.5. The van der Waals surface area contributed by atoms with Crippen molar-refractivity contribution in [2.45, 2.75) is 6.73 Å². The molecule has 6 nitrogen and oxygen atoms in total. The summed E-state index contributed by atoms with van der Waals surface area (Å²) in [6.07, 6.45) is 1.78. The lowest BCUT2D eigenvalue weighted by Crippen LogP contribution is -2.05. The minimum absolute atomic E-state index is 0.250. The lowest BCUT2D eigenvalue weighted by Gasteiger charge is -2.05. The molecular weight excluding hydrogens is 340 g/mol. The molecule has 4 rings (SSSR count). The molecule has 2 aromatic heterocycles. The molecule has 4 aromatic rings. The molecule has 0 amide bonds. The van der Waals surface area contributed by atoms with E-state index in [2.05, 4.69) is 15.2 Å². The number of hydrogen-bond acceptors (Lipinski definition) is 5. The summed E-state index contributed by atoms with van der Waals surface area (Å²) in [4.78, 5) is 4.38. The topological polar surface area (TPSA) is 66.0 Å². The van der Waals surface area contributed by atoms with E-state index in [1.54, 1.807) is 29.1 Å². The molecule has 2 heterocycles. The van der Waals surface area contributed by atoms with Crippen molar-refractivity contribution < 1.29 is 9.26 Å². The van der Waals surface area contributed by atoms with E-state index in [0.29, 0.717) is 28.2 Å². The van der Waals surface area contributed by atoms with E-state index in [9.17, 15) is 0 Å². The fourth-order valence-corrected chi connectivity index (χ4v) is 2.46. The van der Waals surface area contributed by atoms with Crippen molar-refractivity contribution in [3.8, 4) is 28.7 Å². The molecule has 0 atom stereocenters. The standard InChI is InChI=1S/C18H13ClN4O2/c19-14-7-4-8-15(11-14)24-12-23-10-9-16(21-23)18-20-17(22-25-18)13-5-2-1-3-6-13/h1-11H,12H2. The van der Waals surface area contributed by atoms with Crippen LogP contribution in [0.3, 0.4) is 0 Å². The van der Waals surface area contributed by atoms with Gasteiger partial charge in [0, 0.05) is 16.8 Å². The van der Waals surface area contributed by atoms with Crippen molar-refractivity contribution in [3.05, 3.63) is 71.9 Å². The van der Waals surface area contributed by atoms with Crippen molar-refractivity contribution in [3.63, 3.8) is 0 Å². The van der Waals surface area contributed by atoms with Crippen LogP contribution in [-0.4, -0.2) is 19.9 Å². The average Bonchev–Trinajstić information content (AvgIpc) is 3.30. The van der Waals surface area contributed by atoms with Crippen molar-refractivity contribution in [1.82, 2.24) is 19.9 Å². The Kier molecular flexibility index (Phi) is 4.18. The highest BCUT2D eigenvalue weighted by Crippen LogP contribution is 2.21. The Morgan fingerprint density at radius 1 is 1.04 bits per heavy atom. The predicted molar refractivity (Wildman–Crippen MR) is 93.0 cm³/mol. The zero-order chi connectivity index (χ0) is 17.1. The van der Waals surface area contributed by atoms with Crippen molar-refractivity contribution in [1.29, 1.82) is 0 Å². The van der Waals surface area contributed by atoms with Crippen LogP contribution in [0.4, 0.5) is 0 Å². The maximum Gasteiger partial charge on any atom is 0.278 e. The summed E-state index contributed by atoms with van der Waals surface area (Å²) in [5.41, 5.74) is 1.48. The van der Waals surface area contributed by atoms with Gasteiger partial charge in [0.15, 0.2) is 12.4 Å². The number of halogens is 1. The van der Waals surface area contributed by atoms with Crippen LogP contribution < -0.4 is 4.74 Å². The van der Waals surface area contributed by atoms with E-state index >= 15 is 0 Å². The molecule has 0 bridgehead atoms. The number of ether oxygens (including phenoxy) is 1. The molecule has 0 radical (unpaired) electrons. The van der Waals surface area contributed by atoms with Gasteiger partial charge in [-0.05, 0) is 24.3 Å². The summed E-state index contributed by atoms with van der Waals surface area (Å²) < 4.78 is 12.6. The van der Waals surface area contributed by atoms with E-state index in [0.717, 1.165) is 5.56 Å². The molecule has 0 aliphatic rings. The molecular formula is C18H13ClN4O2. The fourth-order valence-electron chi connectivity index (χ4n) is 2.28. The number of nitrogens with zero attached hydrogens (tertiary/aromatic N) is 4. The van der Waals surface area contributed by atoms with Crippen LogP contribution in [0.25, 0.3) is 23.0 Å². The minimum Gasteiger partial charge on any atom is -0.471 e. The molecule has 124 valence electrons. The van der Waals surface area contributed by atoms with Crippen LogP contribution in [0.2, 0.25) is 5.02 Å². The minimum atomic E-state index is 0.250. The van der Waals surface area contributed by atoms with Crippen LogP contribution in [-0.2, 0) is 6.73 Å². The van der Waals surface area contributed by atoms with Gasteiger partial charge in [-0.3, -0.25) is 0 Å². The molecule has 25 heavy (non-hydrogen) atoms. The number of benzene rings is 2. The van der Waals surface area contributed by atoms with E-state index in [1.165, 1.54) is 0 Å². The van der Waals surface area contributed by atoms with Gasteiger partial charge >= 0.3 is 0 Å². The summed E-state index contributed by atoms with van der Waals surface area (Å²) in [5, 5.41) is 9.00. The normalized spacial score (nSPS) is 10.8. The van der Waals surface area contributed by atoms with Gasteiger partial charge in [-0.2, -0.15) is 10.1 Å². The van der Waals surface area contributed by atoms with Gasteiger partial charge in [0.1, 0.15) is 5.75 Å². The Morgan fingerprint density at radius 3 is 2.76 bits per heavy atom. The van der Waals surface area contributed by atoms with Gasteiger partial charge in [0.05, 0.1) is 0 Å². The SMILES string of the molecule is Clc1cccc(OCn2ccc(-c3nc(-c4ccccc4)no3)n2)c1. The highest BCUT2D eigenvalue weighted by Gasteiger charge is 2.13. The third-order valence-electron chi connectivity index (χ3n) is 3.48. The molecule has 0 aliphatic carbocycles. The molecule has 0 saturated heterocycles. The molecule has 0 aliphatic heterocycles. The molecule has 0 unspecified atom stereocenters. The first-order valence-electron chi connectivity index (χ1n) is 7.59. The molecule has 7 heteroatoms. The Hall–Kier alpha value is -3.12. The van der Waals surface area contributed by atoms with Crippen molar-refractivity contribution in [2.24, 2.45) is 0 Å². The van der Waals surface area contributed by atoms with Gasteiger partial charge in [-0.1, -0.05) is 53.2 Å². The van der Waals surface area contributed by atoms with Gasteiger partial charge < -0.3 is 9.26 Å². The molecule has 0 saturated carbocycles. The molecule has 0 spiro atoms. The molecule has 0 fully saturated rings. The maximum absolute atomic E-state index is 5.93. The van der Waals surface area contributed by atoms with Crippen LogP contribution in [0, 0.1) is 0 Å². The summed E-state index contributed by atoms with van der Waals surface area (Å²) >= 11 is 5.93. The summed E-state index contributed by atoms with van der Waals surface area (Å²) in [6, 6.07) is 18.6. The van der Waals surface area contributed by atoms with Crippen LogP contribution in [0.1, 0.15) is 0 Å². The van der Waals surface area contributed by atoms with Crippen LogP contribution in [0.5, 0.6) is 5.75 Å².